The van der Waals surface area contributed by atoms with Gasteiger partial charge in [0, 0.05) is 23.2 Å². The zero-order valence-electron chi connectivity index (χ0n) is 10.5. The number of rotatable bonds is 6. The number of hydrogen-bond acceptors (Lipinski definition) is 2. The Labute approximate surface area is 111 Å². The quantitative estimate of drug-likeness (QED) is 0.865. The first kappa shape index (κ1) is 14.9. The number of carbonyl (C=O) groups is 1. The maximum absolute atomic E-state index is 13.6. The van der Waals surface area contributed by atoms with Crippen molar-refractivity contribution in [3.63, 3.8) is 0 Å². The van der Waals surface area contributed by atoms with Crippen molar-refractivity contribution in [2.75, 3.05) is 6.54 Å². The molecule has 0 aromatic heterocycles. The Hall–Kier alpha value is -1.13. The van der Waals surface area contributed by atoms with Gasteiger partial charge in [-0.1, -0.05) is 18.5 Å². The van der Waals surface area contributed by atoms with E-state index in [0.29, 0.717) is 10.6 Å². The lowest BCUT2D eigenvalue weighted by molar-refractivity contribution is -0.139. The summed E-state index contributed by atoms with van der Waals surface area (Å²) in [7, 11) is 0. The maximum Gasteiger partial charge on any atom is 0.317 e. The Morgan fingerprint density at radius 3 is 2.78 bits per heavy atom. The minimum Gasteiger partial charge on any atom is -0.480 e. The second-order valence-corrected chi connectivity index (χ2v) is 4.73. The van der Waals surface area contributed by atoms with Crippen LogP contribution in [0, 0.1) is 5.82 Å². The minimum absolute atomic E-state index is 0.0690. The molecule has 0 bridgehead atoms. The Balaban J connectivity index is 2.88. The van der Waals surface area contributed by atoms with Crippen LogP contribution in [-0.2, 0) is 11.3 Å². The fourth-order valence-corrected chi connectivity index (χ4v) is 1.88. The highest BCUT2D eigenvalue weighted by molar-refractivity contribution is 6.30. The largest absolute Gasteiger partial charge is 0.480 e. The summed E-state index contributed by atoms with van der Waals surface area (Å²) in [6, 6.07) is 4.38. The van der Waals surface area contributed by atoms with Crippen LogP contribution in [0.4, 0.5) is 4.39 Å². The first-order valence-corrected chi connectivity index (χ1v) is 6.21. The Morgan fingerprint density at radius 2 is 2.22 bits per heavy atom. The maximum atomic E-state index is 13.6. The predicted molar refractivity (Wildman–Crippen MR) is 69.2 cm³/mol. The predicted octanol–water partition coefficient (Wildman–Crippen LogP) is 3.16. The second kappa shape index (κ2) is 6.71. The molecule has 1 rings (SSSR count). The third-order valence-electron chi connectivity index (χ3n) is 2.93. The van der Waals surface area contributed by atoms with E-state index in [1.165, 1.54) is 18.2 Å². The van der Waals surface area contributed by atoms with E-state index in [0.717, 1.165) is 6.42 Å². The SMILES string of the molecule is CCC(C)N(CC(=O)O)Cc1cc(Cl)ccc1F. The molecule has 0 radical (unpaired) electrons. The van der Waals surface area contributed by atoms with Crippen LogP contribution in [0.1, 0.15) is 25.8 Å². The summed E-state index contributed by atoms with van der Waals surface area (Å²) < 4.78 is 13.6. The van der Waals surface area contributed by atoms with E-state index in [-0.39, 0.29) is 24.9 Å². The van der Waals surface area contributed by atoms with Crippen molar-refractivity contribution >= 4 is 17.6 Å². The molecule has 0 spiro atoms. The van der Waals surface area contributed by atoms with Gasteiger partial charge in [-0.25, -0.2) is 4.39 Å². The summed E-state index contributed by atoms with van der Waals surface area (Å²) in [6.45, 7) is 4.02. The average Bonchev–Trinajstić information content (AvgIpc) is 2.31. The van der Waals surface area contributed by atoms with Crippen LogP contribution < -0.4 is 0 Å². The Bertz CT molecular complexity index is 425. The van der Waals surface area contributed by atoms with Crippen molar-refractivity contribution in [2.24, 2.45) is 0 Å². The van der Waals surface area contributed by atoms with Gasteiger partial charge >= 0.3 is 5.97 Å². The van der Waals surface area contributed by atoms with Gasteiger partial charge in [-0.3, -0.25) is 9.69 Å². The molecule has 1 atom stereocenters. The molecule has 0 aliphatic rings. The van der Waals surface area contributed by atoms with Gasteiger partial charge in [-0.15, -0.1) is 0 Å². The molecule has 0 heterocycles. The van der Waals surface area contributed by atoms with Gasteiger partial charge in [0.25, 0.3) is 0 Å². The fourth-order valence-electron chi connectivity index (χ4n) is 1.68. The van der Waals surface area contributed by atoms with E-state index in [1.807, 2.05) is 13.8 Å². The van der Waals surface area contributed by atoms with Crippen LogP contribution in [0.15, 0.2) is 18.2 Å². The Morgan fingerprint density at radius 1 is 1.56 bits per heavy atom. The molecule has 0 aliphatic heterocycles. The van der Waals surface area contributed by atoms with Crippen LogP contribution in [-0.4, -0.2) is 28.6 Å². The van der Waals surface area contributed by atoms with Gasteiger partial charge in [0.2, 0.25) is 0 Å². The van der Waals surface area contributed by atoms with E-state index in [4.69, 9.17) is 16.7 Å². The van der Waals surface area contributed by atoms with Gasteiger partial charge in [-0.2, -0.15) is 0 Å². The van der Waals surface area contributed by atoms with Gasteiger partial charge in [0.05, 0.1) is 6.54 Å². The fraction of sp³-hybridized carbons (Fsp3) is 0.462. The third kappa shape index (κ3) is 4.27. The van der Waals surface area contributed by atoms with Crippen molar-refractivity contribution in [2.45, 2.75) is 32.9 Å². The standard InChI is InChI=1S/C13H17ClFNO2/c1-3-9(2)16(8-13(17)18)7-10-6-11(14)4-5-12(10)15/h4-6,9H,3,7-8H2,1-2H3,(H,17,18). The zero-order valence-corrected chi connectivity index (χ0v) is 11.2. The van der Waals surface area contributed by atoms with Gasteiger partial charge in [0.1, 0.15) is 5.82 Å². The number of carboxylic acids is 1. The van der Waals surface area contributed by atoms with Crippen molar-refractivity contribution in [1.82, 2.24) is 4.90 Å². The lowest BCUT2D eigenvalue weighted by Crippen LogP contribution is -2.36. The number of carboxylic acid groups (broad SMARTS) is 1. The van der Waals surface area contributed by atoms with Gasteiger partial charge < -0.3 is 5.11 Å². The summed E-state index contributed by atoms with van der Waals surface area (Å²) >= 11 is 5.82. The first-order valence-electron chi connectivity index (χ1n) is 5.83. The molecule has 1 unspecified atom stereocenters. The summed E-state index contributed by atoms with van der Waals surface area (Å²) in [5.74, 6) is -1.28. The minimum atomic E-state index is -0.919. The Kier molecular flexibility index (Phi) is 5.56. The molecule has 3 nitrogen and oxygen atoms in total. The molecule has 100 valence electrons. The summed E-state index contributed by atoms with van der Waals surface area (Å²) in [6.07, 6.45) is 0.801. The lowest BCUT2D eigenvalue weighted by atomic mass is 10.1. The molecular formula is C13H17ClFNO2. The molecule has 0 aliphatic carbocycles. The monoisotopic (exact) mass is 273 g/mol. The summed E-state index contributed by atoms with van der Waals surface area (Å²) in [5, 5.41) is 9.32. The molecule has 18 heavy (non-hydrogen) atoms. The molecular weight excluding hydrogens is 257 g/mol. The van der Waals surface area contributed by atoms with Crippen LogP contribution in [0.3, 0.4) is 0 Å². The molecule has 1 N–H and O–H groups in total. The molecule has 0 fully saturated rings. The third-order valence-corrected chi connectivity index (χ3v) is 3.17. The number of nitrogens with zero attached hydrogens (tertiary/aromatic N) is 1. The number of hydrogen-bond donors (Lipinski definition) is 1. The van der Waals surface area contributed by atoms with E-state index < -0.39 is 5.97 Å². The van der Waals surface area contributed by atoms with E-state index >= 15 is 0 Å². The molecule has 1 aromatic carbocycles. The van der Waals surface area contributed by atoms with Crippen molar-refractivity contribution < 1.29 is 14.3 Å². The topological polar surface area (TPSA) is 40.5 Å². The van der Waals surface area contributed by atoms with Crippen molar-refractivity contribution in [1.29, 1.82) is 0 Å². The van der Waals surface area contributed by atoms with Crippen LogP contribution in [0.25, 0.3) is 0 Å². The molecule has 0 saturated carbocycles. The van der Waals surface area contributed by atoms with Crippen LogP contribution in [0.2, 0.25) is 5.02 Å². The number of benzene rings is 1. The highest BCUT2D eigenvalue weighted by atomic mass is 35.5. The molecule has 0 amide bonds. The van der Waals surface area contributed by atoms with Gasteiger partial charge in [-0.05, 0) is 31.5 Å². The highest BCUT2D eigenvalue weighted by Gasteiger charge is 2.17. The zero-order chi connectivity index (χ0) is 13.7. The second-order valence-electron chi connectivity index (χ2n) is 4.29. The van der Waals surface area contributed by atoms with E-state index in [2.05, 4.69) is 0 Å². The molecule has 5 heteroatoms. The lowest BCUT2D eigenvalue weighted by Gasteiger charge is -2.26. The van der Waals surface area contributed by atoms with E-state index in [9.17, 15) is 9.18 Å². The molecule has 1 aromatic rings. The highest BCUT2D eigenvalue weighted by Crippen LogP contribution is 2.18. The summed E-state index contributed by atoms with van der Waals surface area (Å²) in [5.41, 5.74) is 0.420. The normalized spacial score (nSPS) is 12.7. The average molecular weight is 274 g/mol. The van der Waals surface area contributed by atoms with E-state index in [1.54, 1.807) is 4.90 Å². The first-order chi connectivity index (χ1) is 8.43. The van der Waals surface area contributed by atoms with Crippen LogP contribution in [0.5, 0.6) is 0 Å². The summed E-state index contributed by atoms with van der Waals surface area (Å²) in [4.78, 5) is 12.5. The van der Waals surface area contributed by atoms with Crippen molar-refractivity contribution in [3.05, 3.63) is 34.6 Å². The number of aliphatic carboxylic acids is 1. The smallest absolute Gasteiger partial charge is 0.317 e. The molecule has 0 saturated heterocycles. The van der Waals surface area contributed by atoms with Gasteiger partial charge in [0.15, 0.2) is 0 Å². The van der Waals surface area contributed by atoms with Crippen LogP contribution >= 0.6 is 11.6 Å². The number of halogens is 2. The van der Waals surface area contributed by atoms with Crippen molar-refractivity contribution in [3.8, 4) is 0 Å².